The van der Waals surface area contributed by atoms with Gasteiger partial charge in [-0.2, -0.15) is 0 Å². The Morgan fingerprint density at radius 2 is 1.90 bits per heavy atom. The predicted molar refractivity (Wildman–Crippen MR) is 108 cm³/mol. The van der Waals surface area contributed by atoms with Crippen LogP contribution in [0.25, 0.3) is 0 Å². The topological polar surface area (TPSA) is 92.2 Å². The fraction of sp³-hybridized carbons (Fsp3) is 0.381. The van der Waals surface area contributed by atoms with Crippen LogP contribution in [0.5, 0.6) is 11.6 Å². The average molecular weight is 401 g/mol. The summed E-state index contributed by atoms with van der Waals surface area (Å²) >= 11 is 0. The molecule has 2 heterocycles. The standard InChI is InChI=1S/C20H25N3O3.CH2O2/c1-25-19-9-8-17(16-21-19)20(24)23-11-5-10-22(12-13-23)14-15-26-18-6-3-2-4-7-18;2-1-3/h2-4,6-9,16H,5,10-15H2,1H3;1H,(H,2,3). The third-order valence-electron chi connectivity index (χ3n) is 4.49. The summed E-state index contributed by atoms with van der Waals surface area (Å²) in [4.78, 5) is 29.4. The number of ether oxygens (including phenoxy) is 2. The van der Waals surface area contributed by atoms with Crippen LogP contribution in [-0.4, -0.2) is 78.7 Å². The Morgan fingerprint density at radius 3 is 2.55 bits per heavy atom. The van der Waals surface area contributed by atoms with Crippen LogP contribution in [0.15, 0.2) is 48.7 Å². The number of benzene rings is 1. The van der Waals surface area contributed by atoms with Gasteiger partial charge in [0.05, 0.1) is 12.7 Å². The second kappa shape index (κ2) is 12.4. The van der Waals surface area contributed by atoms with Crippen molar-refractivity contribution in [1.29, 1.82) is 0 Å². The van der Waals surface area contributed by atoms with Crippen molar-refractivity contribution < 1.29 is 24.2 Å². The zero-order valence-corrected chi connectivity index (χ0v) is 16.6. The van der Waals surface area contributed by atoms with Crippen LogP contribution in [-0.2, 0) is 4.79 Å². The summed E-state index contributed by atoms with van der Waals surface area (Å²) in [6.07, 6.45) is 2.54. The molecule has 8 nitrogen and oxygen atoms in total. The summed E-state index contributed by atoms with van der Waals surface area (Å²) < 4.78 is 10.8. The lowest BCUT2D eigenvalue weighted by molar-refractivity contribution is -0.122. The monoisotopic (exact) mass is 401 g/mol. The highest BCUT2D eigenvalue weighted by molar-refractivity contribution is 5.94. The Bertz CT molecular complexity index is 740. The number of nitrogens with zero attached hydrogens (tertiary/aromatic N) is 3. The molecule has 1 aliphatic heterocycles. The van der Waals surface area contributed by atoms with E-state index in [1.807, 2.05) is 35.2 Å². The van der Waals surface area contributed by atoms with E-state index < -0.39 is 0 Å². The van der Waals surface area contributed by atoms with Crippen LogP contribution in [0.2, 0.25) is 0 Å². The Kier molecular flexibility index (Phi) is 9.44. The van der Waals surface area contributed by atoms with Crippen molar-refractivity contribution in [2.24, 2.45) is 0 Å². The Morgan fingerprint density at radius 1 is 1.14 bits per heavy atom. The molecule has 0 bridgehead atoms. The van der Waals surface area contributed by atoms with Crippen LogP contribution >= 0.6 is 0 Å². The fourth-order valence-corrected chi connectivity index (χ4v) is 3.02. The summed E-state index contributed by atoms with van der Waals surface area (Å²) in [5.74, 6) is 1.44. The van der Waals surface area contributed by atoms with E-state index in [2.05, 4.69) is 9.88 Å². The molecule has 1 aromatic carbocycles. The zero-order valence-electron chi connectivity index (χ0n) is 16.6. The molecule has 0 saturated carbocycles. The Hall–Kier alpha value is -3.13. The van der Waals surface area contributed by atoms with E-state index in [-0.39, 0.29) is 12.4 Å². The van der Waals surface area contributed by atoms with E-state index in [1.54, 1.807) is 25.4 Å². The first-order valence-corrected chi connectivity index (χ1v) is 9.45. The molecule has 0 aliphatic carbocycles. The van der Waals surface area contributed by atoms with Crippen LogP contribution in [0.1, 0.15) is 16.8 Å². The van der Waals surface area contributed by atoms with Gasteiger partial charge in [0.1, 0.15) is 12.4 Å². The molecule has 0 radical (unpaired) electrons. The molecule has 29 heavy (non-hydrogen) atoms. The summed E-state index contributed by atoms with van der Waals surface area (Å²) in [5.41, 5.74) is 0.603. The van der Waals surface area contributed by atoms with E-state index in [9.17, 15) is 4.79 Å². The number of carbonyl (C=O) groups excluding carboxylic acids is 1. The van der Waals surface area contributed by atoms with Crippen molar-refractivity contribution in [3.63, 3.8) is 0 Å². The van der Waals surface area contributed by atoms with Gasteiger partial charge in [-0.3, -0.25) is 14.5 Å². The second-order valence-corrected chi connectivity index (χ2v) is 6.34. The molecule has 2 aromatic rings. The van der Waals surface area contributed by atoms with Crippen molar-refractivity contribution in [1.82, 2.24) is 14.8 Å². The molecule has 1 amide bonds. The lowest BCUT2D eigenvalue weighted by Gasteiger charge is -2.22. The molecule has 1 saturated heterocycles. The van der Waals surface area contributed by atoms with E-state index in [1.165, 1.54) is 0 Å². The predicted octanol–water partition coefficient (Wildman–Crippen LogP) is 2.02. The first kappa shape index (κ1) is 22.2. The van der Waals surface area contributed by atoms with Gasteiger partial charge in [0.25, 0.3) is 12.4 Å². The quantitative estimate of drug-likeness (QED) is 0.740. The van der Waals surface area contributed by atoms with Crippen LogP contribution < -0.4 is 9.47 Å². The number of rotatable bonds is 6. The van der Waals surface area contributed by atoms with E-state index in [4.69, 9.17) is 19.4 Å². The van der Waals surface area contributed by atoms with Gasteiger partial charge in [-0.1, -0.05) is 18.2 Å². The van der Waals surface area contributed by atoms with E-state index >= 15 is 0 Å². The highest BCUT2D eigenvalue weighted by atomic mass is 16.5. The highest BCUT2D eigenvalue weighted by Crippen LogP contribution is 2.12. The van der Waals surface area contributed by atoms with Gasteiger partial charge in [-0.15, -0.1) is 0 Å². The lowest BCUT2D eigenvalue weighted by Crippen LogP contribution is -2.36. The number of amides is 1. The average Bonchev–Trinajstić information content (AvgIpc) is 3.00. The van der Waals surface area contributed by atoms with Gasteiger partial charge in [0.2, 0.25) is 5.88 Å². The number of aromatic nitrogens is 1. The normalized spacial score (nSPS) is 14.2. The maximum Gasteiger partial charge on any atom is 0.290 e. The summed E-state index contributed by atoms with van der Waals surface area (Å²) in [5, 5.41) is 6.89. The van der Waals surface area contributed by atoms with Crippen molar-refractivity contribution in [2.45, 2.75) is 6.42 Å². The van der Waals surface area contributed by atoms with Gasteiger partial charge >= 0.3 is 0 Å². The third-order valence-corrected chi connectivity index (χ3v) is 4.49. The molecule has 1 aromatic heterocycles. The van der Waals surface area contributed by atoms with Gasteiger partial charge in [0, 0.05) is 45.0 Å². The highest BCUT2D eigenvalue weighted by Gasteiger charge is 2.20. The second-order valence-electron chi connectivity index (χ2n) is 6.34. The molecule has 8 heteroatoms. The van der Waals surface area contributed by atoms with Crippen molar-refractivity contribution >= 4 is 12.4 Å². The molecule has 0 atom stereocenters. The number of carbonyl (C=O) groups is 2. The van der Waals surface area contributed by atoms with Crippen LogP contribution in [0, 0.1) is 0 Å². The molecule has 156 valence electrons. The van der Waals surface area contributed by atoms with Crippen molar-refractivity contribution in [3.8, 4) is 11.6 Å². The third kappa shape index (κ3) is 7.42. The molecule has 0 spiro atoms. The minimum atomic E-state index is -0.250. The number of pyridine rings is 1. The molecular formula is C21H27N3O5. The van der Waals surface area contributed by atoms with Gasteiger partial charge in [0.15, 0.2) is 0 Å². The van der Waals surface area contributed by atoms with Gasteiger partial charge in [-0.05, 0) is 24.6 Å². The first-order valence-electron chi connectivity index (χ1n) is 9.45. The lowest BCUT2D eigenvalue weighted by atomic mass is 10.2. The largest absolute Gasteiger partial charge is 0.492 e. The SMILES string of the molecule is COc1ccc(C(=O)N2CCCN(CCOc3ccccc3)CC2)cn1.O=CO. The molecule has 1 fully saturated rings. The molecule has 1 aliphatic rings. The Balaban J connectivity index is 0.000000941. The van der Waals surface area contributed by atoms with Gasteiger partial charge < -0.3 is 19.5 Å². The smallest absolute Gasteiger partial charge is 0.290 e. The molecule has 0 unspecified atom stereocenters. The maximum atomic E-state index is 12.7. The fourth-order valence-electron chi connectivity index (χ4n) is 3.02. The summed E-state index contributed by atoms with van der Waals surface area (Å²) in [7, 11) is 1.56. The Labute approximate surface area is 170 Å². The zero-order chi connectivity index (χ0) is 20.9. The number of hydrogen-bond acceptors (Lipinski definition) is 6. The van der Waals surface area contributed by atoms with Crippen molar-refractivity contribution in [2.75, 3.05) is 46.4 Å². The number of hydrogen-bond donors (Lipinski definition) is 1. The van der Waals surface area contributed by atoms with Gasteiger partial charge in [-0.25, -0.2) is 4.98 Å². The van der Waals surface area contributed by atoms with E-state index in [0.29, 0.717) is 18.1 Å². The first-order chi connectivity index (χ1) is 14.2. The summed E-state index contributed by atoms with van der Waals surface area (Å²) in [6.45, 7) is 4.58. The van der Waals surface area contributed by atoms with Crippen LogP contribution in [0.4, 0.5) is 0 Å². The molecule has 3 rings (SSSR count). The van der Waals surface area contributed by atoms with E-state index in [0.717, 1.165) is 44.9 Å². The minimum absolute atomic E-state index is 0.0301. The van der Waals surface area contributed by atoms with Crippen molar-refractivity contribution in [3.05, 3.63) is 54.2 Å². The summed E-state index contributed by atoms with van der Waals surface area (Å²) in [6, 6.07) is 13.3. The molecule has 1 N–H and O–H groups in total. The van der Waals surface area contributed by atoms with Crippen LogP contribution in [0.3, 0.4) is 0 Å². The molecular weight excluding hydrogens is 374 g/mol. The number of para-hydroxylation sites is 1. The number of carboxylic acid groups (broad SMARTS) is 1. The number of methoxy groups -OCH3 is 1. The minimum Gasteiger partial charge on any atom is -0.492 e. The maximum absolute atomic E-state index is 12.7.